The fourth-order valence-corrected chi connectivity index (χ4v) is 3.18. The van der Waals surface area contributed by atoms with Gasteiger partial charge in [-0.25, -0.2) is 0 Å². The third-order valence-electron chi connectivity index (χ3n) is 5.05. The summed E-state index contributed by atoms with van der Waals surface area (Å²) in [5.74, 6) is 0.455. The van der Waals surface area contributed by atoms with Gasteiger partial charge in [-0.05, 0) is 55.7 Å². The Morgan fingerprint density at radius 1 is 0.815 bits per heavy atom. The van der Waals surface area contributed by atoms with Crippen molar-refractivity contribution in [1.29, 1.82) is 0 Å². The minimum absolute atomic E-state index is 0.111. The fourth-order valence-electron chi connectivity index (χ4n) is 3.18. The van der Waals surface area contributed by atoms with E-state index < -0.39 is 0 Å². The van der Waals surface area contributed by atoms with E-state index in [0.717, 1.165) is 11.3 Å². The van der Waals surface area contributed by atoms with Crippen LogP contribution in [0.5, 0.6) is 11.5 Å². The normalized spacial score (nSPS) is 19.9. The maximum atomic E-state index is 12.4. The molecule has 2 unspecified atom stereocenters. The highest BCUT2D eigenvalue weighted by Gasteiger charge is 2.48. The van der Waals surface area contributed by atoms with E-state index in [1.54, 1.807) is 18.2 Å². The molecule has 0 bridgehead atoms. The van der Waals surface area contributed by atoms with Crippen LogP contribution in [0.4, 0.5) is 11.4 Å². The smallest absolute Gasteiger partial charge is 0.228 e. The summed E-state index contributed by atoms with van der Waals surface area (Å²) in [6, 6.07) is 11.1. The van der Waals surface area contributed by atoms with Gasteiger partial charge in [0.1, 0.15) is 13.2 Å². The molecule has 1 heterocycles. The molecular weight excluding hydrogens is 344 g/mol. The molecule has 6 heteroatoms. The Labute approximate surface area is 157 Å². The Balaban J connectivity index is 1.34. The summed E-state index contributed by atoms with van der Waals surface area (Å²) in [5, 5.41) is 5.77. The lowest BCUT2D eigenvalue weighted by molar-refractivity contribution is -0.122. The van der Waals surface area contributed by atoms with Gasteiger partial charge in [0.05, 0.1) is 11.8 Å². The number of fused-ring (bicyclic) bond motifs is 1. The number of hydrogen-bond acceptors (Lipinski definition) is 4. The van der Waals surface area contributed by atoms with Crippen molar-refractivity contribution in [2.24, 2.45) is 11.8 Å². The van der Waals surface area contributed by atoms with E-state index in [4.69, 9.17) is 9.47 Å². The van der Waals surface area contributed by atoms with Crippen molar-refractivity contribution in [2.75, 3.05) is 23.8 Å². The van der Waals surface area contributed by atoms with Crippen molar-refractivity contribution < 1.29 is 19.1 Å². The molecule has 2 aromatic rings. The molecule has 0 aromatic heterocycles. The molecule has 27 heavy (non-hydrogen) atoms. The van der Waals surface area contributed by atoms with Crippen LogP contribution in [0.3, 0.4) is 0 Å². The second-order valence-electron chi connectivity index (χ2n) is 7.08. The molecule has 2 atom stereocenters. The zero-order valence-corrected chi connectivity index (χ0v) is 15.4. The number of rotatable bonds is 4. The van der Waals surface area contributed by atoms with Crippen molar-refractivity contribution in [3.8, 4) is 11.5 Å². The number of amides is 2. The molecule has 0 radical (unpaired) electrons. The number of hydrogen-bond donors (Lipinski definition) is 2. The van der Waals surface area contributed by atoms with Crippen LogP contribution >= 0.6 is 0 Å². The SMILES string of the molecule is Cc1ccc(NC(=O)C2CC2C(=O)Nc2ccc3c(c2)OCCO3)cc1C. The van der Waals surface area contributed by atoms with E-state index in [1.807, 2.05) is 32.0 Å². The summed E-state index contributed by atoms with van der Waals surface area (Å²) < 4.78 is 11.0. The van der Waals surface area contributed by atoms with Crippen LogP contribution in [0.15, 0.2) is 36.4 Å². The first-order chi connectivity index (χ1) is 13.0. The first kappa shape index (κ1) is 17.4. The molecule has 1 aliphatic heterocycles. The number of nitrogens with one attached hydrogen (secondary N) is 2. The van der Waals surface area contributed by atoms with E-state index in [2.05, 4.69) is 10.6 Å². The maximum absolute atomic E-state index is 12.4. The van der Waals surface area contributed by atoms with Crippen molar-refractivity contribution >= 4 is 23.2 Å². The van der Waals surface area contributed by atoms with Crippen LogP contribution in [0, 0.1) is 25.7 Å². The Bertz CT molecular complexity index is 909. The first-order valence-corrected chi connectivity index (χ1v) is 9.10. The number of benzene rings is 2. The van der Waals surface area contributed by atoms with Crippen LogP contribution in [-0.2, 0) is 9.59 Å². The van der Waals surface area contributed by atoms with E-state index >= 15 is 0 Å². The summed E-state index contributed by atoms with van der Waals surface area (Å²) in [5.41, 5.74) is 3.71. The summed E-state index contributed by atoms with van der Waals surface area (Å²) in [4.78, 5) is 24.8. The molecule has 2 N–H and O–H groups in total. The average molecular weight is 366 g/mol. The molecule has 6 nitrogen and oxygen atoms in total. The van der Waals surface area contributed by atoms with Crippen molar-refractivity contribution in [1.82, 2.24) is 0 Å². The van der Waals surface area contributed by atoms with Gasteiger partial charge >= 0.3 is 0 Å². The number of carbonyl (C=O) groups is 2. The molecule has 0 spiro atoms. The molecule has 2 aliphatic rings. The zero-order valence-electron chi connectivity index (χ0n) is 15.4. The van der Waals surface area contributed by atoms with E-state index in [-0.39, 0.29) is 23.7 Å². The van der Waals surface area contributed by atoms with E-state index in [0.29, 0.717) is 36.8 Å². The lowest BCUT2D eigenvalue weighted by Gasteiger charge is -2.19. The average Bonchev–Trinajstić information content (AvgIpc) is 3.46. The zero-order chi connectivity index (χ0) is 19.0. The molecule has 140 valence electrons. The van der Waals surface area contributed by atoms with Gasteiger partial charge in [0.2, 0.25) is 11.8 Å². The standard InChI is InChI=1S/C21H22N2O4/c1-12-3-4-14(9-13(12)2)22-20(24)16-11-17(16)21(25)23-15-5-6-18-19(10-15)27-8-7-26-18/h3-6,9-10,16-17H,7-8,11H2,1-2H3,(H,22,24)(H,23,25). The molecule has 2 amide bonds. The van der Waals surface area contributed by atoms with Crippen LogP contribution in [0.25, 0.3) is 0 Å². The lowest BCUT2D eigenvalue weighted by atomic mass is 10.1. The van der Waals surface area contributed by atoms with Crippen molar-refractivity contribution in [2.45, 2.75) is 20.3 Å². The van der Waals surface area contributed by atoms with Crippen molar-refractivity contribution in [3.05, 3.63) is 47.5 Å². The highest BCUT2D eigenvalue weighted by atomic mass is 16.6. The Morgan fingerprint density at radius 3 is 2.07 bits per heavy atom. The van der Waals surface area contributed by atoms with Crippen LogP contribution in [0.1, 0.15) is 17.5 Å². The molecule has 0 saturated heterocycles. The quantitative estimate of drug-likeness (QED) is 0.871. The highest BCUT2D eigenvalue weighted by Crippen LogP contribution is 2.41. The van der Waals surface area contributed by atoms with Crippen LogP contribution in [-0.4, -0.2) is 25.0 Å². The number of ether oxygens (including phenoxy) is 2. The minimum atomic E-state index is -0.301. The topological polar surface area (TPSA) is 76.7 Å². The molecule has 1 fully saturated rings. The van der Waals surface area contributed by atoms with E-state index in [1.165, 1.54) is 5.56 Å². The summed E-state index contributed by atoms with van der Waals surface area (Å²) in [6.07, 6.45) is 0.563. The molecule has 4 rings (SSSR count). The fraction of sp³-hybridized carbons (Fsp3) is 0.333. The second-order valence-corrected chi connectivity index (χ2v) is 7.08. The van der Waals surface area contributed by atoms with Gasteiger partial charge < -0.3 is 20.1 Å². The summed E-state index contributed by atoms with van der Waals surface area (Å²) in [7, 11) is 0. The van der Waals surface area contributed by atoms with Crippen LogP contribution in [0.2, 0.25) is 0 Å². The van der Waals surface area contributed by atoms with Gasteiger partial charge in [0.25, 0.3) is 0 Å². The third kappa shape index (κ3) is 3.74. The predicted octanol–water partition coefficient (Wildman–Crippen LogP) is 3.29. The van der Waals surface area contributed by atoms with E-state index in [9.17, 15) is 9.59 Å². The number of carbonyl (C=O) groups excluding carboxylic acids is 2. The van der Waals surface area contributed by atoms with Gasteiger partial charge in [-0.15, -0.1) is 0 Å². The monoisotopic (exact) mass is 366 g/mol. The number of anilines is 2. The third-order valence-corrected chi connectivity index (χ3v) is 5.05. The van der Waals surface area contributed by atoms with Gasteiger partial charge in [-0.2, -0.15) is 0 Å². The maximum Gasteiger partial charge on any atom is 0.228 e. The van der Waals surface area contributed by atoms with Gasteiger partial charge in [-0.3, -0.25) is 9.59 Å². The largest absolute Gasteiger partial charge is 0.486 e. The van der Waals surface area contributed by atoms with Gasteiger partial charge in [0.15, 0.2) is 11.5 Å². The molecule has 2 aromatic carbocycles. The minimum Gasteiger partial charge on any atom is -0.486 e. The molecular formula is C21H22N2O4. The summed E-state index contributed by atoms with van der Waals surface area (Å²) in [6.45, 7) is 5.05. The predicted molar refractivity (Wildman–Crippen MR) is 102 cm³/mol. The molecule has 1 saturated carbocycles. The number of aryl methyl sites for hydroxylation is 2. The van der Waals surface area contributed by atoms with Gasteiger partial charge in [0, 0.05) is 17.4 Å². The Hall–Kier alpha value is -3.02. The Kier molecular flexibility index (Phi) is 4.48. The lowest BCUT2D eigenvalue weighted by Crippen LogP contribution is -2.21. The Morgan fingerprint density at radius 2 is 1.41 bits per heavy atom. The summed E-state index contributed by atoms with van der Waals surface area (Å²) >= 11 is 0. The van der Waals surface area contributed by atoms with Gasteiger partial charge in [-0.1, -0.05) is 6.07 Å². The van der Waals surface area contributed by atoms with Crippen LogP contribution < -0.4 is 20.1 Å². The first-order valence-electron chi connectivity index (χ1n) is 9.10. The van der Waals surface area contributed by atoms with Crippen molar-refractivity contribution in [3.63, 3.8) is 0 Å². The second kappa shape index (κ2) is 6.95. The molecule has 1 aliphatic carbocycles. The highest BCUT2D eigenvalue weighted by molar-refractivity contribution is 6.03.